The van der Waals surface area contributed by atoms with E-state index >= 15 is 0 Å². The summed E-state index contributed by atoms with van der Waals surface area (Å²) in [5, 5.41) is 9.87. The van der Waals surface area contributed by atoms with Gasteiger partial charge in [-0.1, -0.05) is 138 Å². The first-order valence-corrected chi connectivity index (χ1v) is 19.2. The normalized spacial score (nSPS) is 13.4. The van der Waals surface area contributed by atoms with E-state index in [-0.39, 0.29) is 13.4 Å². The lowest BCUT2D eigenvalue weighted by atomic mass is 9.24. The fraction of sp³-hybridized carbons (Fsp3) is 0. The Bertz CT molecular complexity index is 3270. The van der Waals surface area contributed by atoms with Crippen molar-refractivity contribution in [2.45, 2.75) is 0 Å². The summed E-state index contributed by atoms with van der Waals surface area (Å²) in [6.45, 7) is -0.356. The molecular formula is C50H29B2NO3. The van der Waals surface area contributed by atoms with E-state index in [1.165, 1.54) is 43.2 Å². The molecular weight excluding hydrogens is 684 g/mol. The van der Waals surface area contributed by atoms with Crippen LogP contribution in [-0.2, 0) is 0 Å². The molecule has 13 rings (SSSR count). The average Bonchev–Trinajstić information content (AvgIpc) is 3.83. The van der Waals surface area contributed by atoms with Crippen LogP contribution >= 0.6 is 0 Å². The molecule has 0 spiro atoms. The van der Waals surface area contributed by atoms with Crippen LogP contribution in [0.4, 0.5) is 17.1 Å². The minimum Gasteiger partial charge on any atom is -0.471 e. The van der Waals surface area contributed by atoms with Crippen molar-refractivity contribution >= 4 is 118 Å². The zero-order chi connectivity index (χ0) is 36.5. The number of hydrogen-bond donors (Lipinski definition) is 0. The van der Waals surface area contributed by atoms with Gasteiger partial charge in [0.2, 0.25) is 0 Å². The highest BCUT2D eigenvalue weighted by Crippen LogP contribution is 2.49. The summed E-state index contributed by atoms with van der Waals surface area (Å²) < 4.78 is 20.4. The topological polar surface area (TPSA) is 38.8 Å². The summed E-state index contributed by atoms with van der Waals surface area (Å²) in [4.78, 5) is 2.28. The van der Waals surface area contributed by atoms with Crippen LogP contribution in [0.25, 0.3) is 54.3 Å². The Labute approximate surface area is 322 Å². The number of benzene rings is 9. The van der Waals surface area contributed by atoms with E-state index in [0.29, 0.717) is 0 Å². The lowest BCUT2D eigenvalue weighted by Gasteiger charge is -2.33. The standard InChI is InChI=1S/C50H29B2NO3/c1-5-16-41-37(12-1)47-50(56-41)52(35-28-32-22-20-30-10-9-11-31-21-23-33(29-35)46(32)45(30)31)48-38-13-2-6-17-42(38)55-49(48)51(47)34-24-26-36(27-25-34)53-39-14-3-7-18-43(39)54-44-19-8-4-15-40(44)53/h1-29H. The monoisotopic (exact) mass is 713 g/mol. The van der Waals surface area contributed by atoms with Crippen LogP contribution in [0.2, 0.25) is 0 Å². The molecule has 0 saturated heterocycles. The SMILES string of the molecule is c1ccc2c(c1)Oc1ccccc1N2c1ccc(B2c3oc4ccccc4c3B(c3cc4ccc5cccc6ccc(c3)c4c56)c3oc4ccccc4c32)cc1. The molecule has 4 heterocycles. The van der Waals surface area contributed by atoms with Gasteiger partial charge >= 0.3 is 0 Å². The number of nitrogens with zero attached hydrogens (tertiary/aromatic N) is 1. The Morgan fingerprint density at radius 3 is 1.46 bits per heavy atom. The number of ether oxygens (including phenoxy) is 1. The fourth-order valence-electron chi connectivity index (χ4n) is 9.83. The minimum atomic E-state index is -0.184. The van der Waals surface area contributed by atoms with E-state index in [1.807, 2.05) is 24.3 Å². The zero-order valence-electron chi connectivity index (χ0n) is 30.1. The Balaban J connectivity index is 1.04. The van der Waals surface area contributed by atoms with Gasteiger partial charge in [0.05, 0.1) is 22.7 Å². The second kappa shape index (κ2) is 11.2. The van der Waals surface area contributed by atoms with Gasteiger partial charge in [-0.05, 0) is 91.8 Å². The third kappa shape index (κ3) is 4.10. The molecule has 0 N–H and O–H groups in total. The van der Waals surface area contributed by atoms with Gasteiger partial charge in [0.1, 0.15) is 11.2 Å². The minimum absolute atomic E-state index is 0.171. The molecule has 4 nitrogen and oxygen atoms in total. The first-order chi connectivity index (χ1) is 27.8. The van der Waals surface area contributed by atoms with Crippen LogP contribution in [0.1, 0.15) is 0 Å². The van der Waals surface area contributed by atoms with Gasteiger partial charge in [-0.15, -0.1) is 0 Å². The Kier molecular flexibility index (Phi) is 6.03. The molecule has 9 aromatic carbocycles. The third-order valence-corrected chi connectivity index (χ3v) is 12.2. The summed E-state index contributed by atoms with van der Waals surface area (Å²) in [6, 6.07) is 62.8. The number of anilines is 3. The first kappa shape index (κ1) is 30.2. The summed E-state index contributed by atoms with van der Waals surface area (Å²) in [5.74, 6) is 1.67. The number of furan rings is 2. The maximum Gasteiger partial charge on any atom is 0.290 e. The molecule has 0 saturated carbocycles. The zero-order valence-corrected chi connectivity index (χ0v) is 30.1. The van der Waals surface area contributed by atoms with E-state index in [1.54, 1.807) is 0 Å². The van der Waals surface area contributed by atoms with Crippen molar-refractivity contribution in [1.29, 1.82) is 0 Å². The van der Waals surface area contributed by atoms with Crippen LogP contribution in [0.5, 0.6) is 11.5 Å². The molecule has 0 amide bonds. The highest BCUT2D eigenvalue weighted by molar-refractivity contribution is 7.12. The number of para-hydroxylation sites is 6. The van der Waals surface area contributed by atoms with Crippen molar-refractivity contribution in [1.82, 2.24) is 0 Å². The van der Waals surface area contributed by atoms with E-state index in [2.05, 4.69) is 157 Å². The second-order valence-corrected chi connectivity index (χ2v) is 15.1. The Morgan fingerprint density at radius 1 is 0.393 bits per heavy atom. The molecule has 2 aliphatic rings. The molecule has 0 aliphatic carbocycles. The van der Waals surface area contributed by atoms with Gasteiger partial charge < -0.3 is 18.5 Å². The van der Waals surface area contributed by atoms with Gasteiger partial charge in [-0.3, -0.25) is 0 Å². The highest BCUT2D eigenvalue weighted by Gasteiger charge is 2.47. The Morgan fingerprint density at radius 2 is 0.875 bits per heavy atom. The molecule has 0 radical (unpaired) electrons. The molecule has 11 aromatic rings. The average molecular weight is 713 g/mol. The van der Waals surface area contributed by atoms with Gasteiger partial charge in [0, 0.05) is 16.5 Å². The van der Waals surface area contributed by atoms with Gasteiger partial charge in [-0.25, -0.2) is 0 Å². The first-order valence-electron chi connectivity index (χ1n) is 19.2. The maximum atomic E-state index is 7.07. The molecule has 2 aliphatic heterocycles. The van der Waals surface area contributed by atoms with Gasteiger partial charge in [0.15, 0.2) is 11.5 Å². The van der Waals surface area contributed by atoms with Crippen LogP contribution in [0, 0.1) is 0 Å². The second-order valence-electron chi connectivity index (χ2n) is 15.1. The summed E-state index contributed by atoms with van der Waals surface area (Å²) in [5.41, 5.74) is 11.5. The predicted molar refractivity (Wildman–Crippen MR) is 233 cm³/mol. The predicted octanol–water partition coefficient (Wildman–Crippen LogP) is 9.00. The number of hydrogen-bond acceptors (Lipinski definition) is 4. The molecule has 258 valence electrons. The fourth-order valence-corrected chi connectivity index (χ4v) is 9.83. The van der Waals surface area contributed by atoms with Crippen LogP contribution in [-0.4, -0.2) is 13.4 Å². The maximum absolute atomic E-state index is 7.07. The quantitative estimate of drug-likeness (QED) is 0.135. The van der Waals surface area contributed by atoms with E-state index in [0.717, 1.165) is 72.7 Å². The van der Waals surface area contributed by atoms with Crippen molar-refractivity contribution in [3.8, 4) is 11.5 Å². The molecule has 6 heteroatoms. The number of fused-ring (bicyclic) bond motifs is 8. The molecule has 0 fully saturated rings. The smallest absolute Gasteiger partial charge is 0.290 e. The van der Waals surface area contributed by atoms with Gasteiger partial charge in [0.25, 0.3) is 13.4 Å². The lowest BCUT2D eigenvalue weighted by Crippen LogP contribution is -2.73. The van der Waals surface area contributed by atoms with Crippen LogP contribution in [0.3, 0.4) is 0 Å². The van der Waals surface area contributed by atoms with E-state index in [4.69, 9.17) is 13.6 Å². The molecule has 2 aromatic heterocycles. The van der Waals surface area contributed by atoms with Crippen molar-refractivity contribution in [2.24, 2.45) is 0 Å². The Hall–Kier alpha value is -7.17. The van der Waals surface area contributed by atoms with Crippen molar-refractivity contribution < 1.29 is 13.6 Å². The molecule has 56 heavy (non-hydrogen) atoms. The van der Waals surface area contributed by atoms with Crippen LogP contribution < -0.4 is 42.8 Å². The summed E-state index contributed by atoms with van der Waals surface area (Å²) in [7, 11) is 0. The molecule has 0 bridgehead atoms. The lowest BCUT2D eigenvalue weighted by molar-refractivity contribution is 0.477. The summed E-state index contributed by atoms with van der Waals surface area (Å²) in [6.07, 6.45) is 0. The van der Waals surface area contributed by atoms with E-state index in [9.17, 15) is 0 Å². The number of rotatable bonds is 3. The third-order valence-electron chi connectivity index (χ3n) is 12.2. The van der Waals surface area contributed by atoms with Crippen molar-refractivity contribution in [3.63, 3.8) is 0 Å². The molecule has 0 unspecified atom stereocenters. The highest BCUT2D eigenvalue weighted by atomic mass is 16.5. The largest absolute Gasteiger partial charge is 0.471 e. The summed E-state index contributed by atoms with van der Waals surface area (Å²) >= 11 is 0. The van der Waals surface area contributed by atoms with Crippen molar-refractivity contribution in [3.05, 3.63) is 176 Å². The van der Waals surface area contributed by atoms with E-state index < -0.39 is 0 Å². The van der Waals surface area contributed by atoms with Gasteiger partial charge in [-0.2, -0.15) is 0 Å². The van der Waals surface area contributed by atoms with Crippen molar-refractivity contribution in [2.75, 3.05) is 4.90 Å². The molecule has 0 atom stereocenters. The van der Waals surface area contributed by atoms with Crippen LogP contribution in [0.15, 0.2) is 185 Å².